The van der Waals surface area contributed by atoms with Crippen LogP contribution in [0.2, 0.25) is 0 Å². The summed E-state index contributed by atoms with van der Waals surface area (Å²) in [5, 5.41) is 2.88. The molecular weight excluding hydrogens is 334 g/mol. The molecule has 0 aliphatic carbocycles. The van der Waals surface area contributed by atoms with Gasteiger partial charge >= 0.3 is 12.0 Å². The molecule has 7 nitrogen and oxygen atoms in total. The van der Waals surface area contributed by atoms with Crippen LogP contribution in [0.1, 0.15) is 48.1 Å². The number of amides is 2. The number of ether oxygens (including phenoxy) is 1. The maximum atomic E-state index is 12.6. The number of anilines is 1. The lowest BCUT2D eigenvalue weighted by Gasteiger charge is -2.21. The van der Waals surface area contributed by atoms with Crippen LogP contribution in [0, 0.1) is 6.92 Å². The summed E-state index contributed by atoms with van der Waals surface area (Å²) in [6, 6.07) is 7.36. The molecule has 0 atom stereocenters. The molecule has 140 valence electrons. The van der Waals surface area contributed by atoms with Gasteiger partial charge in [0.2, 0.25) is 5.89 Å². The predicted octanol–water partition coefficient (Wildman–Crippen LogP) is 3.99. The van der Waals surface area contributed by atoms with E-state index in [1.165, 1.54) is 13.4 Å². The zero-order valence-electron chi connectivity index (χ0n) is 15.4. The van der Waals surface area contributed by atoms with Gasteiger partial charge in [0.15, 0.2) is 5.69 Å². The average Bonchev–Trinajstić information content (AvgIpc) is 3.11. The number of methoxy groups -OCH3 is 1. The van der Waals surface area contributed by atoms with Crippen LogP contribution in [-0.2, 0) is 11.3 Å². The zero-order chi connectivity index (χ0) is 18.9. The Morgan fingerprint density at radius 3 is 2.62 bits per heavy atom. The second-order valence-corrected chi connectivity index (χ2v) is 6.04. The number of nitrogens with zero attached hydrogens (tertiary/aromatic N) is 2. The number of benzene rings is 1. The van der Waals surface area contributed by atoms with Gasteiger partial charge in [-0.3, -0.25) is 0 Å². The maximum absolute atomic E-state index is 12.6. The Bertz CT molecular complexity index is 725. The highest BCUT2D eigenvalue weighted by Crippen LogP contribution is 2.13. The number of hydrogen-bond donors (Lipinski definition) is 1. The molecule has 0 unspecified atom stereocenters. The molecule has 0 saturated carbocycles. The number of carbonyl (C=O) groups excluding carboxylic acids is 2. The van der Waals surface area contributed by atoms with Crippen molar-refractivity contribution in [3.63, 3.8) is 0 Å². The highest BCUT2D eigenvalue weighted by molar-refractivity contribution is 5.89. The normalized spacial score (nSPS) is 10.4. The number of carbonyl (C=O) groups is 2. The molecule has 0 aliphatic rings. The molecule has 2 amide bonds. The Labute approximate surface area is 153 Å². The van der Waals surface area contributed by atoms with E-state index in [0.29, 0.717) is 12.4 Å². The van der Waals surface area contributed by atoms with Gasteiger partial charge in [-0.05, 0) is 25.5 Å². The minimum Gasteiger partial charge on any atom is -0.464 e. The molecule has 2 rings (SSSR count). The number of urea groups is 1. The molecule has 1 N–H and O–H groups in total. The molecule has 0 aliphatic heterocycles. The molecule has 2 aromatic rings. The number of unbranched alkanes of at least 4 members (excludes halogenated alkanes) is 2. The van der Waals surface area contributed by atoms with Crippen LogP contribution in [0.5, 0.6) is 0 Å². The summed E-state index contributed by atoms with van der Waals surface area (Å²) in [5.74, 6) is -0.275. The Morgan fingerprint density at radius 2 is 1.96 bits per heavy atom. The third-order valence-electron chi connectivity index (χ3n) is 3.89. The molecule has 0 fully saturated rings. The number of oxazole rings is 1. The topological polar surface area (TPSA) is 84.7 Å². The van der Waals surface area contributed by atoms with Gasteiger partial charge < -0.3 is 19.4 Å². The van der Waals surface area contributed by atoms with Gasteiger partial charge in [-0.1, -0.05) is 37.5 Å². The van der Waals surface area contributed by atoms with Gasteiger partial charge in [0, 0.05) is 12.2 Å². The predicted molar refractivity (Wildman–Crippen MR) is 98.0 cm³/mol. The maximum Gasteiger partial charge on any atom is 0.360 e. The van der Waals surface area contributed by atoms with Crippen molar-refractivity contribution in [2.75, 3.05) is 19.0 Å². The number of rotatable bonds is 8. The van der Waals surface area contributed by atoms with E-state index < -0.39 is 5.97 Å². The van der Waals surface area contributed by atoms with E-state index in [1.54, 1.807) is 4.90 Å². The zero-order valence-corrected chi connectivity index (χ0v) is 15.4. The second-order valence-electron chi connectivity index (χ2n) is 6.04. The van der Waals surface area contributed by atoms with Gasteiger partial charge in [0.1, 0.15) is 6.26 Å². The van der Waals surface area contributed by atoms with E-state index in [0.717, 1.165) is 30.5 Å². The first-order chi connectivity index (χ1) is 12.5. The van der Waals surface area contributed by atoms with E-state index in [-0.39, 0.29) is 18.3 Å². The highest BCUT2D eigenvalue weighted by Gasteiger charge is 2.19. The first-order valence-electron chi connectivity index (χ1n) is 8.68. The number of aryl methyl sites for hydroxylation is 1. The molecule has 0 radical (unpaired) electrons. The lowest BCUT2D eigenvalue weighted by Crippen LogP contribution is -2.35. The molecule has 7 heteroatoms. The third-order valence-corrected chi connectivity index (χ3v) is 3.89. The molecule has 26 heavy (non-hydrogen) atoms. The summed E-state index contributed by atoms with van der Waals surface area (Å²) < 4.78 is 9.92. The number of esters is 1. The standard InChI is InChI=1S/C19H25N3O4/c1-4-5-6-11-22(12-17-21-16(13-26-17)18(23)25-3)19(24)20-15-9-7-14(2)8-10-15/h7-10,13H,4-6,11-12H2,1-3H3,(H,20,24). The molecule has 0 spiro atoms. The monoisotopic (exact) mass is 359 g/mol. The molecule has 0 bridgehead atoms. The Balaban J connectivity index is 2.06. The molecule has 1 aromatic heterocycles. The summed E-state index contributed by atoms with van der Waals surface area (Å²) in [4.78, 5) is 29.8. The first kappa shape index (κ1) is 19.5. The van der Waals surface area contributed by atoms with E-state index >= 15 is 0 Å². The Kier molecular flexibility index (Phi) is 7.20. The number of hydrogen-bond acceptors (Lipinski definition) is 5. The van der Waals surface area contributed by atoms with Crippen LogP contribution in [0.15, 0.2) is 34.9 Å². The largest absolute Gasteiger partial charge is 0.464 e. The van der Waals surface area contributed by atoms with E-state index in [9.17, 15) is 9.59 Å². The lowest BCUT2D eigenvalue weighted by molar-refractivity contribution is 0.0594. The van der Waals surface area contributed by atoms with Crippen LogP contribution in [0.25, 0.3) is 0 Å². The van der Waals surface area contributed by atoms with Crippen LogP contribution < -0.4 is 5.32 Å². The van der Waals surface area contributed by atoms with Gasteiger partial charge in [0.05, 0.1) is 13.7 Å². The number of nitrogens with one attached hydrogen (secondary N) is 1. The van der Waals surface area contributed by atoms with Gasteiger partial charge in [0.25, 0.3) is 0 Å². The summed E-state index contributed by atoms with van der Waals surface area (Å²) in [6.45, 7) is 4.84. The van der Waals surface area contributed by atoms with Crippen molar-refractivity contribution in [1.29, 1.82) is 0 Å². The minimum absolute atomic E-state index is 0.0925. The van der Waals surface area contributed by atoms with E-state index in [1.807, 2.05) is 31.2 Å². The second kappa shape index (κ2) is 9.60. The first-order valence-corrected chi connectivity index (χ1v) is 8.68. The summed E-state index contributed by atoms with van der Waals surface area (Å²) in [6.07, 6.45) is 4.19. The van der Waals surface area contributed by atoms with E-state index in [2.05, 4.69) is 22.0 Å². The number of aromatic nitrogens is 1. The van der Waals surface area contributed by atoms with Crippen molar-refractivity contribution in [3.05, 3.63) is 47.7 Å². The van der Waals surface area contributed by atoms with Gasteiger partial charge in [-0.25, -0.2) is 14.6 Å². The average molecular weight is 359 g/mol. The smallest absolute Gasteiger partial charge is 0.360 e. The van der Waals surface area contributed by atoms with Gasteiger partial charge in [-0.15, -0.1) is 0 Å². The summed E-state index contributed by atoms with van der Waals surface area (Å²) in [5.41, 5.74) is 1.94. The fraction of sp³-hybridized carbons (Fsp3) is 0.421. The third kappa shape index (κ3) is 5.61. The fourth-order valence-corrected chi connectivity index (χ4v) is 2.39. The molecular formula is C19H25N3O4. The summed E-state index contributed by atoms with van der Waals surface area (Å²) >= 11 is 0. The van der Waals surface area contributed by atoms with E-state index in [4.69, 9.17) is 4.42 Å². The van der Waals surface area contributed by atoms with Crippen LogP contribution in [-0.4, -0.2) is 35.5 Å². The SMILES string of the molecule is CCCCCN(Cc1nc(C(=O)OC)co1)C(=O)Nc1ccc(C)cc1. The van der Waals surface area contributed by atoms with Crippen molar-refractivity contribution in [2.24, 2.45) is 0 Å². The van der Waals surface area contributed by atoms with Crippen LogP contribution in [0.3, 0.4) is 0 Å². The van der Waals surface area contributed by atoms with Crippen LogP contribution in [0.4, 0.5) is 10.5 Å². The molecule has 0 saturated heterocycles. The van der Waals surface area contributed by atoms with Crippen molar-refractivity contribution < 1.29 is 18.7 Å². The van der Waals surface area contributed by atoms with Crippen molar-refractivity contribution in [3.8, 4) is 0 Å². The Hall–Kier alpha value is -2.83. The lowest BCUT2D eigenvalue weighted by atomic mass is 10.2. The highest BCUT2D eigenvalue weighted by atomic mass is 16.5. The van der Waals surface area contributed by atoms with Crippen molar-refractivity contribution in [1.82, 2.24) is 9.88 Å². The van der Waals surface area contributed by atoms with Crippen molar-refractivity contribution >= 4 is 17.7 Å². The quantitative estimate of drug-likeness (QED) is 0.569. The van der Waals surface area contributed by atoms with Gasteiger partial charge in [-0.2, -0.15) is 0 Å². The Morgan fingerprint density at radius 1 is 1.23 bits per heavy atom. The van der Waals surface area contributed by atoms with Crippen LogP contribution >= 0.6 is 0 Å². The summed E-state index contributed by atoms with van der Waals surface area (Å²) in [7, 11) is 1.28. The molecule has 1 aromatic carbocycles. The van der Waals surface area contributed by atoms with Crippen molar-refractivity contribution in [2.45, 2.75) is 39.7 Å². The minimum atomic E-state index is -0.568. The fourth-order valence-electron chi connectivity index (χ4n) is 2.39. The molecule has 1 heterocycles.